The Hall–Kier alpha value is -2.15. The van der Waals surface area contributed by atoms with Gasteiger partial charge >= 0.3 is 0 Å². The molecule has 1 fully saturated rings. The molecule has 0 atom stereocenters. The molecule has 2 amide bonds. The summed E-state index contributed by atoms with van der Waals surface area (Å²) in [4.78, 5) is 37.5. The highest BCUT2D eigenvalue weighted by atomic mass is 35.5. The summed E-state index contributed by atoms with van der Waals surface area (Å²) in [5.74, 6) is -0.320. The Labute approximate surface area is 139 Å². The molecule has 1 aromatic carbocycles. The molecule has 2 rings (SSSR count). The van der Waals surface area contributed by atoms with Crippen LogP contribution in [0.2, 0.25) is 5.02 Å². The van der Waals surface area contributed by atoms with Crippen LogP contribution in [0.5, 0.6) is 0 Å². The lowest BCUT2D eigenvalue weighted by Gasteiger charge is -2.36. The number of nitro benzene ring substituents is 1. The van der Waals surface area contributed by atoms with Gasteiger partial charge in [0.1, 0.15) is 0 Å². The molecular weight excluding hydrogens is 322 g/mol. The second-order valence-corrected chi connectivity index (χ2v) is 5.98. The molecule has 7 nitrogen and oxygen atoms in total. The van der Waals surface area contributed by atoms with Crippen LogP contribution in [0.25, 0.3) is 0 Å². The smallest absolute Gasteiger partial charge is 0.270 e. The van der Waals surface area contributed by atoms with E-state index in [4.69, 9.17) is 11.6 Å². The summed E-state index contributed by atoms with van der Waals surface area (Å²) in [6, 6.07) is 3.95. The van der Waals surface area contributed by atoms with Crippen molar-refractivity contribution in [2.24, 2.45) is 0 Å². The molecule has 0 bridgehead atoms. The highest BCUT2D eigenvalue weighted by Crippen LogP contribution is 2.25. The van der Waals surface area contributed by atoms with Crippen LogP contribution in [0.3, 0.4) is 0 Å². The third kappa shape index (κ3) is 3.79. The van der Waals surface area contributed by atoms with Gasteiger partial charge < -0.3 is 9.80 Å². The number of nitro groups is 1. The van der Waals surface area contributed by atoms with Crippen LogP contribution >= 0.6 is 11.6 Å². The average molecular weight is 340 g/mol. The molecule has 1 aliphatic heterocycles. The SMILES string of the molecule is CC(=O)N(C)C1CCN(C(=O)c2cc([N+](=O)[O-])ccc2Cl)CC1. The van der Waals surface area contributed by atoms with Crippen LogP contribution in [-0.4, -0.2) is 52.7 Å². The molecule has 23 heavy (non-hydrogen) atoms. The number of carbonyl (C=O) groups excluding carboxylic acids is 2. The minimum absolute atomic E-state index is 0.00324. The molecule has 0 aliphatic carbocycles. The number of halogens is 1. The number of non-ortho nitro benzene ring substituents is 1. The van der Waals surface area contributed by atoms with Crippen LogP contribution in [0.4, 0.5) is 5.69 Å². The van der Waals surface area contributed by atoms with E-state index in [0.717, 1.165) is 0 Å². The molecule has 8 heteroatoms. The summed E-state index contributed by atoms with van der Waals surface area (Å²) in [7, 11) is 1.75. The van der Waals surface area contributed by atoms with Crippen molar-refractivity contribution in [1.82, 2.24) is 9.80 Å². The van der Waals surface area contributed by atoms with Crippen molar-refractivity contribution >= 4 is 29.1 Å². The largest absolute Gasteiger partial charge is 0.343 e. The first-order valence-electron chi connectivity index (χ1n) is 7.28. The number of benzene rings is 1. The highest BCUT2D eigenvalue weighted by molar-refractivity contribution is 6.33. The zero-order valence-corrected chi connectivity index (χ0v) is 13.7. The van der Waals surface area contributed by atoms with E-state index < -0.39 is 4.92 Å². The summed E-state index contributed by atoms with van der Waals surface area (Å²) >= 11 is 6.01. The van der Waals surface area contributed by atoms with Gasteiger partial charge in [-0.2, -0.15) is 0 Å². The molecule has 124 valence electrons. The molecule has 0 aromatic heterocycles. The minimum atomic E-state index is -0.554. The molecule has 0 N–H and O–H groups in total. The molecule has 1 aromatic rings. The highest BCUT2D eigenvalue weighted by Gasteiger charge is 2.28. The second-order valence-electron chi connectivity index (χ2n) is 5.57. The summed E-state index contributed by atoms with van der Waals surface area (Å²) in [6.07, 6.45) is 1.35. The first-order chi connectivity index (χ1) is 10.8. The molecule has 1 aliphatic rings. The Kier molecular flexibility index (Phi) is 5.20. The maximum atomic E-state index is 12.5. The topological polar surface area (TPSA) is 83.8 Å². The van der Waals surface area contributed by atoms with Gasteiger partial charge in [0.2, 0.25) is 5.91 Å². The van der Waals surface area contributed by atoms with Gasteiger partial charge in [-0.3, -0.25) is 19.7 Å². The molecule has 0 unspecified atom stereocenters. The van der Waals surface area contributed by atoms with Gasteiger partial charge in [0.25, 0.3) is 11.6 Å². The summed E-state index contributed by atoms with van der Waals surface area (Å²) in [5, 5.41) is 11.0. The number of piperidine rings is 1. The molecular formula is C15H18ClN3O4. The molecule has 1 heterocycles. The standard InChI is InChI=1S/C15H18ClN3O4/c1-10(20)17(2)11-5-7-18(8-6-11)15(21)13-9-12(19(22)23)3-4-14(13)16/h3-4,9,11H,5-8H2,1-2H3. The lowest BCUT2D eigenvalue weighted by molar-refractivity contribution is -0.384. The van der Waals surface area contributed by atoms with Gasteiger partial charge in [-0.25, -0.2) is 0 Å². The van der Waals surface area contributed by atoms with Gasteiger partial charge in [0.05, 0.1) is 15.5 Å². The van der Waals surface area contributed by atoms with Crippen molar-refractivity contribution in [2.75, 3.05) is 20.1 Å². The Morgan fingerprint density at radius 3 is 2.48 bits per heavy atom. The fraction of sp³-hybridized carbons (Fsp3) is 0.467. The maximum absolute atomic E-state index is 12.5. The number of nitrogens with zero attached hydrogens (tertiary/aromatic N) is 3. The number of rotatable bonds is 3. The van der Waals surface area contributed by atoms with E-state index in [9.17, 15) is 19.7 Å². The number of likely N-dealkylation sites (tertiary alicyclic amines) is 1. The lowest BCUT2D eigenvalue weighted by atomic mass is 10.0. The van der Waals surface area contributed by atoms with Crippen LogP contribution in [0.1, 0.15) is 30.1 Å². The Balaban J connectivity index is 2.10. The van der Waals surface area contributed by atoms with Crippen molar-refractivity contribution in [2.45, 2.75) is 25.8 Å². The van der Waals surface area contributed by atoms with E-state index in [1.54, 1.807) is 16.8 Å². The van der Waals surface area contributed by atoms with Crippen LogP contribution in [0, 0.1) is 10.1 Å². The summed E-state index contributed by atoms with van der Waals surface area (Å²) in [6.45, 7) is 2.49. The van der Waals surface area contributed by atoms with E-state index in [2.05, 4.69) is 0 Å². The van der Waals surface area contributed by atoms with Crippen LogP contribution < -0.4 is 0 Å². The van der Waals surface area contributed by atoms with E-state index in [1.165, 1.54) is 25.1 Å². The van der Waals surface area contributed by atoms with Gasteiger partial charge in [0, 0.05) is 45.2 Å². The van der Waals surface area contributed by atoms with Gasteiger partial charge in [-0.1, -0.05) is 11.6 Å². The van der Waals surface area contributed by atoms with E-state index in [0.29, 0.717) is 25.9 Å². The molecule has 1 saturated heterocycles. The molecule has 0 spiro atoms. The second kappa shape index (κ2) is 6.95. The molecule has 0 radical (unpaired) electrons. The van der Waals surface area contributed by atoms with Gasteiger partial charge in [0.15, 0.2) is 0 Å². The van der Waals surface area contributed by atoms with Crippen molar-refractivity contribution < 1.29 is 14.5 Å². The Morgan fingerprint density at radius 1 is 1.35 bits per heavy atom. The number of hydrogen-bond acceptors (Lipinski definition) is 4. The minimum Gasteiger partial charge on any atom is -0.343 e. The van der Waals surface area contributed by atoms with Crippen molar-refractivity contribution in [3.8, 4) is 0 Å². The summed E-state index contributed by atoms with van der Waals surface area (Å²) in [5.41, 5.74) is -0.0248. The summed E-state index contributed by atoms with van der Waals surface area (Å²) < 4.78 is 0. The first kappa shape index (κ1) is 17.2. The Bertz CT molecular complexity index is 642. The predicted octanol–water partition coefficient (Wildman–Crippen LogP) is 2.33. The van der Waals surface area contributed by atoms with E-state index in [-0.39, 0.29) is 34.1 Å². The molecule has 0 saturated carbocycles. The monoisotopic (exact) mass is 339 g/mol. The van der Waals surface area contributed by atoms with Crippen LogP contribution in [-0.2, 0) is 4.79 Å². The number of hydrogen-bond donors (Lipinski definition) is 0. The fourth-order valence-electron chi connectivity index (χ4n) is 2.67. The zero-order chi connectivity index (χ0) is 17.1. The average Bonchev–Trinajstić information content (AvgIpc) is 2.53. The number of carbonyl (C=O) groups is 2. The van der Waals surface area contributed by atoms with E-state index >= 15 is 0 Å². The Morgan fingerprint density at radius 2 is 1.96 bits per heavy atom. The maximum Gasteiger partial charge on any atom is 0.270 e. The van der Waals surface area contributed by atoms with Crippen molar-refractivity contribution in [3.05, 3.63) is 38.9 Å². The zero-order valence-electron chi connectivity index (χ0n) is 13.0. The van der Waals surface area contributed by atoms with Gasteiger partial charge in [-0.15, -0.1) is 0 Å². The van der Waals surface area contributed by atoms with Crippen LogP contribution in [0.15, 0.2) is 18.2 Å². The van der Waals surface area contributed by atoms with Crippen molar-refractivity contribution in [1.29, 1.82) is 0 Å². The quantitative estimate of drug-likeness (QED) is 0.625. The fourth-order valence-corrected chi connectivity index (χ4v) is 2.87. The third-order valence-electron chi connectivity index (χ3n) is 4.19. The first-order valence-corrected chi connectivity index (χ1v) is 7.65. The van der Waals surface area contributed by atoms with Crippen molar-refractivity contribution in [3.63, 3.8) is 0 Å². The van der Waals surface area contributed by atoms with E-state index in [1.807, 2.05) is 0 Å². The third-order valence-corrected chi connectivity index (χ3v) is 4.52. The number of amides is 2. The normalized spacial score (nSPS) is 15.3. The lowest BCUT2D eigenvalue weighted by Crippen LogP contribution is -2.46. The predicted molar refractivity (Wildman–Crippen MR) is 85.5 cm³/mol. The van der Waals surface area contributed by atoms with Gasteiger partial charge in [-0.05, 0) is 18.9 Å².